The number of amidine groups is 1. The summed E-state index contributed by atoms with van der Waals surface area (Å²) >= 11 is 1.65. The maximum atomic E-state index is 12.8. The Morgan fingerprint density at radius 3 is 3.08 bits per heavy atom. The maximum absolute atomic E-state index is 12.8. The standard InChI is InChI=1S/C20H25N3O2S/c24-13-17-4-1-3-15(10-17)9-16-5-8-22(12-16)19(25)11-18-14-26-20-21-6-2-7-23(18)20/h1,3-4,10,14,16,24H,2,5-9,11-13H2/t16-/m1/s1. The molecule has 0 aromatic heterocycles. The van der Waals surface area contributed by atoms with Gasteiger partial charge in [-0.2, -0.15) is 0 Å². The molecule has 1 aromatic rings. The van der Waals surface area contributed by atoms with Gasteiger partial charge in [-0.3, -0.25) is 9.79 Å². The number of aliphatic hydroxyl groups is 1. The molecule has 0 bridgehead atoms. The van der Waals surface area contributed by atoms with Gasteiger partial charge in [0.05, 0.1) is 13.0 Å². The Bertz CT molecular complexity index is 746. The number of amides is 1. The third-order valence-electron chi connectivity index (χ3n) is 5.33. The number of fused-ring (bicyclic) bond motifs is 1. The number of carbonyl (C=O) groups excluding carboxylic acids is 1. The summed E-state index contributed by atoms with van der Waals surface area (Å²) < 4.78 is 0. The van der Waals surface area contributed by atoms with Crippen molar-refractivity contribution in [3.8, 4) is 0 Å². The largest absolute Gasteiger partial charge is 0.392 e. The molecule has 0 radical (unpaired) electrons. The van der Waals surface area contributed by atoms with Gasteiger partial charge < -0.3 is 14.9 Å². The van der Waals surface area contributed by atoms with E-state index < -0.39 is 0 Å². The zero-order chi connectivity index (χ0) is 17.9. The number of aliphatic hydroxyl groups excluding tert-OH is 1. The van der Waals surface area contributed by atoms with Gasteiger partial charge in [0.2, 0.25) is 5.91 Å². The zero-order valence-electron chi connectivity index (χ0n) is 14.9. The second-order valence-corrected chi connectivity index (χ2v) is 8.09. The van der Waals surface area contributed by atoms with Crippen LogP contribution in [0.1, 0.15) is 30.4 Å². The molecule has 138 valence electrons. The zero-order valence-corrected chi connectivity index (χ0v) is 15.7. The van der Waals surface area contributed by atoms with Crippen LogP contribution >= 0.6 is 11.8 Å². The highest BCUT2D eigenvalue weighted by molar-refractivity contribution is 8.16. The number of likely N-dealkylation sites (tertiary alicyclic amines) is 1. The molecule has 3 aliphatic rings. The fourth-order valence-corrected chi connectivity index (χ4v) is 4.91. The van der Waals surface area contributed by atoms with Crippen LogP contribution in [0.3, 0.4) is 0 Å². The van der Waals surface area contributed by atoms with Crippen molar-refractivity contribution < 1.29 is 9.90 Å². The van der Waals surface area contributed by atoms with Gasteiger partial charge in [0.25, 0.3) is 0 Å². The minimum absolute atomic E-state index is 0.0814. The van der Waals surface area contributed by atoms with Crippen molar-refractivity contribution >= 4 is 22.8 Å². The number of nitrogens with zero attached hydrogens (tertiary/aromatic N) is 3. The first-order valence-corrected chi connectivity index (χ1v) is 10.2. The van der Waals surface area contributed by atoms with Gasteiger partial charge >= 0.3 is 0 Å². The van der Waals surface area contributed by atoms with Gasteiger partial charge in [-0.25, -0.2) is 0 Å². The Morgan fingerprint density at radius 2 is 2.19 bits per heavy atom. The molecule has 5 nitrogen and oxygen atoms in total. The van der Waals surface area contributed by atoms with Crippen molar-refractivity contribution in [2.24, 2.45) is 10.9 Å². The molecule has 6 heteroatoms. The summed E-state index contributed by atoms with van der Waals surface area (Å²) in [6, 6.07) is 8.13. The minimum atomic E-state index is 0.0814. The van der Waals surface area contributed by atoms with Crippen LogP contribution in [0.2, 0.25) is 0 Å². The van der Waals surface area contributed by atoms with E-state index in [4.69, 9.17) is 0 Å². The van der Waals surface area contributed by atoms with Crippen molar-refractivity contribution in [3.63, 3.8) is 0 Å². The topological polar surface area (TPSA) is 56.1 Å². The van der Waals surface area contributed by atoms with Crippen LogP contribution in [-0.4, -0.2) is 52.2 Å². The van der Waals surface area contributed by atoms with Crippen LogP contribution in [0.15, 0.2) is 40.4 Å². The first kappa shape index (κ1) is 17.6. The summed E-state index contributed by atoms with van der Waals surface area (Å²) in [6.07, 6.45) is 3.57. The van der Waals surface area contributed by atoms with Crippen molar-refractivity contribution in [1.82, 2.24) is 9.80 Å². The van der Waals surface area contributed by atoms with E-state index in [1.807, 2.05) is 17.0 Å². The van der Waals surface area contributed by atoms with E-state index in [2.05, 4.69) is 27.4 Å². The SMILES string of the molecule is O=C(CC1=CSC2=NCCCN12)N1CC[C@H](Cc2cccc(CO)c2)C1. The van der Waals surface area contributed by atoms with Crippen LogP contribution in [-0.2, 0) is 17.8 Å². The second kappa shape index (κ2) is 7.84. The van der Waals surface area contributed by atoms with Gasteiger partial charge in [-0.1, -0.05) is 36.0 Å². The minimum Gasteiger partial charge on any atom is -0.392 e. The number of carbonyl (C=O) groups is 1. The van der Waals surface area contributed by atoms with Gasteiger partial charge in [0.1, 0.15) is 0 Å². The second-order valence-electron chi connectivity index (χ2n) is 7.25. The van der Waals surface area contributed by atoms with Crippen LogP contribution in [0.5, 0.6) is 0 Å². The molecule has 3 aliphatic heterocycles. The van der Waals surface area contributed by atoms with E-state index in [0.29, 0.717) is 12.3 Å². The predicted octanol–water partition coefficient (Wildman–Crippen LogP) is 2.61. The van der Waals surface area contributed by atoms with E-state index in [1.54, 1.807) is 11.8 Å². The van der Waals surface area contributed by atoms with Crippen LogP contribution in [0.4, 0.5) is 0 Å². The molecule has 1 saturated heterocycles. The lowest BCUT2D eigenvalue weighted by Gasteiger charge is -2.26. The lowest BCUT2D eigenvalue weighted by Crippen LogP contribution is -2.34. The summed E-state index contributed by atoms with van der Waals surface area (Å²) in [7, 11) is 0. The summed E-state index contributed by atoms with van der Waals surface area (Å²) in [5.74, 6) is 0.738. The monoisotopic (exact) mass is 371 g/mol. The average molecular weight is 372 g/mol. The lowest BCUT2D eigenvalue weighted by atomic mass is 9.97. The summed E-state index contributed by atoms with van der Waals surface area (Å²) in [6.45, 7) is 3.65. The highest BCUT2D eigenvalue weighted by atomic mass is 32.2. The molecule has 1 atom stereocenters. The highest BCUT2D eigenvalue weighted by Gasteiger charge is 2.30. The smallest absolute Gasteiger partial charge is 0.228 e. The normalized spacial score (nSPS) is 22.3. The van der Waals surface area contributed by atoms with E-state index >= 15 is 0 Å². The lowest BCUT2D eigenvalue weighted by molar-refractivity contribution is -0.129. The van der Waals surface area contributed by atoms with Crippen molar-refractivity contribution in [2.45, 2.75) is 32.3 Å². The molecule has 1 N–H and O–H groups in total. The van der Waals surface area contributed by atoms with E-state index in [0.717, 1.165) is 61.9 Å². The van der Waals surface area contributed by atoms with Gasteiger partial charge in [0.15, 0.2) is 5.17 Å². The number of rotatable bonds is 5. The van der Waals surface area contributed by atoms with E-state index in [1.165, 1.54) is 5.56 Å². The molecular weight excluding hydrogens is 346 g/mol. The number of aliphatic imine (C=N–C) groups is 1. The molecule has 0 spiro atoms. The Morgan fingerprint density at radius 1 is 1.31 bits per heavy atom. The third-order valence-corrected chi connectivity index (χ3v) is 6.28. The fourth-order valence-electron chi connectivity index (χ4n) is 3.95. The number of benzene rings is 1. The Balaban J connectivity index is 1.31. The third kappa shape index (κ3) is 3.81. The van der Waals surface area contributed by atoms with Gasteiger partial charge in [-0.05, 0) is 41.7 Å². The van der Waals surface area contributed by atoms with E-state index in [9.17, 15) is 9.90 Å². The predicted molar refractivity (Wildman–Crippen MR) is 105 cm³/mol. The summed E-state index contributed by atoms with van der Waals surface area (Å²) in [5.41, 5.74) is 3.32. The van der Waals surface area contributed by atoms with Crippen LogP contribution in [0.25, 0.3) is 0 Å². The molecule has 0 unspecified atom stereocenters. The van der Waals surface area contributed by atoms with Crippen LogP contribution in [0, 0.1) is 5.92 Å². The Kier molecular flexibility index (Phi) is 5.31. The van der Waals surface area contributed by atoms with Crippen LogP contribution < -0.4 is 0 Å². The molecule has 4 rings (SSSR count). The van der Waals surface area contributed by atoms with Crippen molar-refractivity contribution in [2.75, 3.05) is 26.2 Å². The van der Waals surface area contributed by atoms with Gasteiger partial charge in [-0.15, -0.1) is 0 Å². The van der Waals surface area contributed by atoms with Gasteiger partial charge in [0, 0.05) is 31.9 Å². The molecule has 1 fully saturated rings. The molecular formula is C20H25N3O2S. The molecule has 0 aliphatic carbocycles. The highest BCUT2D eigenvalue weighted by Crippen LogP contribution is 2.31. The fraction of sp³-hybridized carbons (Fsp3) is 0.500. The van der Waals surface area contributed by atoms with Crippen molar-refractivity contribution in [3.05, 3.63) is 46.5 Å². The maximum Gasteiger partial charge on any atom is 0.228 e. The summed E-state index contributed by atoms with van der Waals surface area (Å²) in [5, 5.41) is 12.4. The van der Waals surface area contributed by atoms with E-state index in [-0.39, 0.29) is 12.5 Å². The summed E-state index contributed by atoms with van der Waals surface area (Å²) in [4.78, 5) is 21.5. The molecule has 0 saturated carbocycles. The first-order valence-electron chi connectivity index (χ1n) is 9.37. The quantitative estimate of drug-likeness (QED) is 0.864. The molecule has 1 amide bonds. The number of hydrogen-bond donors (Lipinski definition) is 1. The first-order chi connectivity index (χ1) is 12.7. The Labute approximate surface area is 158 Å². The molecule has 1 aromatic carbocycles. The van der Waals surface area contributed by atoms with Crippen molar-refractivity contribution in [1.29, 1.82) is 0 Å². The molecule has 26 heavy (non-hydrogen) atoms. The molecule has 3 heterocycles. The number of hydrogen-bond acceptors (Lipinski definition) is 5. The average Bonchev–Trinajstić information content (AvgIpc) is 3.29. The number of thioether (sulfide) groups is 1. The Hall–Kier alpha value is -1.79.